The Bertz CT molecular complexity index is 1040. The summed E-state index contributed by atoms with van der Waals surface area (Å²) in [4.78, 5) is 18.6. The smallest absolute Gasteiger partial charge is 0.232 e. The van der Waals surface area contributed by atoms with Crippen LogP contribution in [0.15, 0.2) is 47.0 Å². The molecule has 27 heavy (non-hydrogen) atoms. The highest BCUT2D eigenvalue weighted by atomic mass is 35.5. The maximum atomic E-state index is 12.5. The number of hydrogen-bond donors (Lipinski definition) is 0. The normalized spacial score (nSPS) is 18.3. The van der Waals surface area contributed by atoms with E-state index in [1.807, 2.05) is 36.4 Å². The summed E-state index contributed by atoms with van der Waals surface area (Å²) in [5.74, 6) is 2.04. The van der Waals surface area contributed by atoms with E-state index in [-0.39, 0.29) is 18.6 Å². The van der Waals surface area contributed by atoms with Crippen LogP contribution in [0.2, 0.25) is 5.02 Å². The SMILES string of the molecule is O=C1CC(c2nc(-c3ccc4c(c3)OCO4)no2)CN1c1ccccc1Cl. The maximum absolute atomic E-state index is 12.5. The van der Waals surface area contributed by atoms with Crippen molar-refractivity contribution in [3.63, 3.8) is 0 Å². The minimum atomic E-state index is -0.177. The molecular formula is C19H14ClN3O4. The molecule has 1 aromatic heterocycles. The van der Waals surface area contributed by atoms with Crippen LogP contribution in [0.25, 0.3) is 11.4 Å². The van der Waals surface area contributed by atoms with Crippen LogP contribution in [0.4, 0.5) is 5.69 Å². The molecule has 136 valence electrons. The number of amides is 1. The molecular weight excluding hydrogens is 370 g/mol. The minimum Gasteiger partial charge on any atom is -0.454 e. The molecule has 7 nitrogen and oxygen atoms in total. The van der Waals surface area contributed by atoms with E-state index >= 15 is 0 Å². The van der Waals surface area contributed by atoms with E-state index in [1.54, 1.807) is 11.0 Å². The number of benzene rings is 2. The standard InChI is InChI=1S/C19H14ClN3O4/c20-13-3-1-2-4-14(13)23-9-12(8-17(23)24)19-21-18(22-27-19)11-5-6-15-16(7-11)26-10-25-15/h1-7,12H,8-10H2. The number of halogens is 1. The molecule has 1 atom stereocenters. The van der Waals surface area contributed by atoms with Crippen molar-refractivity contribution < 1.29 is 18.8 Å². The summed E-state index contributed by atoms with van der Waals surface area (Å²) >= 11 is 6.23. The first-order valence-corrected chi connectivity index (χ1v) is 8.85. The second kappa shape index (κ2) is 6.28. The number of rotatable bonds is 3. The average molecular weight is 384 g/mol. The molecule has 0 spiro atoms. The predicted molar refractivity (Wildman–Crippen MR) is 97.0 cm³/mol. The van der Waals surface area contributed by atoms with E-state index in [0.29, 0.717) is 46.9 Å². The van der Waals surface area contributed by atoms with Gasteiger partial charge in [0.25, 0.3) is 0 Å². The fraction of sp³-hybridized carbons (Fsp3) is 0.211. The molecule has 0 radical (unpaired) electrons. The van der Waals surface area contributed by atoms with Crippen molar-refractivity contribution in [3.8, 4) is 22.9 Å². The fourth-order valence-electron chi connectivity index (χ4n) is 3.33. The Morgan fingerprint density at radius 3 is 2.85 bits per heavy atom. The summed E-state index contributed by atoms with van der Waals surface area (Å²) < 4.78 is 16.1. The molecule has 1 amide bonds. The molecule has 3 heterocycles. The highest BCUT2D eigenvalue weighted by Crippen LogP contribution is 2.37. The summed E-state index contributed by atoms with van der Waals surface area (Å²) in [5, 5.41) is 4.60. The monoisotopic (exact) mass is 383 g/mol. The number of nitrogens with zero attached hydrogens (tertiary/aromatic N) is 3. The second-order valence-corrected chi connectivity index (χ2v) is 6.79. The number of anilines is 1. The van der Waals surface area contributed by atoms with Crippen molar-refractivity contribution in [2.75, 3.05) is 18.2 Å². The van der Waals surface area contributed by atoms with Gasteiger partial charge in [-0.05, 0) is 30.3 Å². The number of hydrogen-bond acceptors (Lipinski definition) is 6. The molecule has 0 N–H and O–H groups in total. The summed E-state index contributed by atoms with van der Waals surface area (Å²) in [6.45, 7) is 0.656. The van der Waals surface area contributed by atoms with Gasteiger partial charge < -0.3 is 18.9 Å². The molecule has 3 aromatic rings. The minimum absolute atomic E-state index is 0.0177. The quantitative estimate of drug-likeness (QED) is 0.687. The average Bonchev–Trinajstić information content (AvgIpc) is 3.40. The Kier molecular flexibility index (Phi) is 3.75. The van der Waals surface area contributed by atoms with Gasteiger partial charge >= 0.3 is 0 Å². The molecule has 1 unspecified atom stereocenters. The number of aromatic nitrogens is 2. The van der Waals surface area contributed by atoms with Crippen molar-refractivity contribution in [2.45, 2.75) is 12.3 Å². The molecule has 0 aliphatic carbocycles. The number of fused-ring (bicyclic) bond motifs is 1. The van der Waals surface area contributed by atoms with E-state index in [0.717, 1.165) is 5.56 Å². The van der Waals surface area contributed by atoms with Gasteiger partial charge in [-0.2, -0.15) is 4.98 Å². The Balaban J connectivity index is 1.39. The molecule has 5 rings (SSSR count). The molecule has 2 aliphatic rings. The van der Waals surface area contributed by atoms with Crippen LogP contribution in [0.5, 0.6) is 11.5 Å². The molecule has 0 bridgehead atoms. The van der Waals surface area contributed by atoms with E-state index in [4.69, 9.17) is 25.6 Å². The largest absolute Gasteiger partial charge is 0.454 e. The number of carbonyl (C=O) groups excluding carboxylic acids is 1. The lowest BCUT2D eigenvalue weighted by atomic mass is 10.1. The van der Waals surface area contributed by atoms with Gasteiger partial charge in [0.2, 0.25) is 24.4 Å². The van der Waals surface area contributed by atoms with Gasteiger partial charge in [-0.3, -0.25) is 4.79 Å². The van der Waals surface area contributed by atoms with Gasteiger partial charge in [0.15, 0.2) is 11.5 Å². The van der Waals surface area contributed by atoms with E-state index in [2.05, 4.69) is 10.1 Å². The maximum Gasteiger partial charge on any atom is 0.232 e. The predicted octanol–water partition coefficient (Wildman–Crippen LogP) is 3.64. The fourth-order valence-corrected chi connectivity index (χ4v) is 3.57. The Morgan fingerprint density at radius 1 is 1.11 bits per heavy atom. The first-order valence-electron chi connectivity index (χ1n) is 8.47. The van der Waals surface area contributed by atoms with Gasteiger partial charge in [0.1, 0.15) is 0 Å². The van der Waals surface area contributed by atoms with Crippen LogP contribution >= 0.6 is 11.6 Å². The Morgan fingerprint density at radius 2 is 1.96 bits per heavy atom. The van der Waals surface area contributed by atoms with E-state index < -0.39 is 0 Å². The number of ether oxygens (including phenoxy) is 2. The Labute approximate surface area is 159 Å². The van der Waals surface area contributed by atoms with Gasteiger partial charge in [-0.15, -0.1) is 0 Å². The first-order chi connectivity index (χ1) is 13.2. The number of carbonyl (C=O) groups is 1. The van der Waals surface area contributed by atoms with Crippen molar-refractivity contribution in [1.82, 2.24) is 10.1 Å². The third-order valence-electron chi connectivity index (χ3n) is 4.69. The summed E-state index contributed by atoms with van der Waals surface area (Å²) in [6.07, 6.45) is 0.300. The summed E-state index contributed by atoms with van der Waals surface area (Å²) in [6, 6.07) is 12.7. The van der Waals surface area contributed by atoms with Crippen molar-refractivity contribution in [2.24, 2.45) is 0 Å². The number of para-hydroxylation sites is 1. The molecule has 2 aliphatic heterocycles. The van der Waals surface area contributed by atoms with Gasteiger partial charge in [0, 0.05) is 18.5 Å². The van der Waals surface area contributed by atoms with Crippen LogP contribution in [0, 0.1) is 0 Å². The molecule has 0 saturated carbocycles. The third-order valence-corrected chi connectivity index (χ3v) is 5.01. The van der Waals surface area contributed by atoms with Gasteiger partial charge in [-0.1, -0.05) is 28.9 Å². The second-order valence-electron chi connectivity index (χ2n) is 6.38. The van der Waals surface area contributed by atoms with Gasteiger partial charge in [-0.25, -0.2) is 0 Å². The lowest BCUT2D eigenvalue weighted by Crippen LogP contribution is -2.24. The first kappa shape index (κ1) is 16.1. The third kappa shape index (κ3) is 2.80. The van der Waals surface area contributed by atoms with Crippen LogP contribution in [-0.2, 0) is 4.79 Å². The molecule has 2 aromatic carbocycles. The van der Waals surface area contributed by atoms with Crippen LogP contribution in [0.3, 0.4) is 0 Å². The topological polar surface area (TPSA) is 77.7 Å². The molecule has 1 fully saturated rings. The van der Waals surface area contributed by atoms with Crippen LogP contribution in [-0.4, -0.2) is 29.4 Å². The van der Waals surface area contributed by atoms with Gasteiger partial charge in [0.05, 0.1) is 16.6 Å². The summed E-state index contributed by atoms with van der Waals surface area (Å²) in [7, 11) is 0. The zero-order valence-corrected chi connectivity index (χ0v) is 14.8. The highest BCUT2D eigenvalue weighted by molar-refractivity contribution is 6.33. The molecule has 8 heteroatoms. The lowest BCUT2D eigenvalue weighted by molar-refractivity contribution is -0.117. The zero-order chi connectivity index (χ0) is 18.4. The van der Waals surface area contributed by atoms with E-state index in [1.165, 1.54) is 0 Å². The van der Waals surface area contributed by atoms with Crippen molar-refractivity contribution in [1.29, 1.82) is 0 Å². The lowest BCUT2D eigenvalue weighted by Gasteiger charge is -2.17. The highest BCUT2D eigenvalue weighted by Gasteiger charge is 2.36. The summed E-state index contributed by atoms with van der Waals surface area (Å²) in [5.41, 5.74) is 1.46. The van der Waals surface area contributed by atoms with E-state index in [9.17, 15) is 4.79 Å². The van der Waals surface area contributed by atoms with Crippen molar-refractivity contribution >= 4 is 23.2 Å². The Hall–Kier alpha value is -3.06. The van der Waals surface area contributed by atoms with Crippen LogP contribution in [0.1, 0.15) is 18.2 Å². The van der Waals surface area contributed by atoms with Crippen LogP contribution < -0.4 is 14.4 Å². The zero-order valence-electron chi connectivity index (χ0n) is 14.1. The van der Waals surface area contributed by atoms with Crippen molar-refractivity contribution in [3.05, 3.63) is 53.4 Å². The molecule has 1 saturated heterocycles.